The van der Waals surface area contributed by atoms with Gasteiger partial charge in [-0.3, -0.25) is 0 Å². The Labute approximate surface area is 212 Å². The molecule has 5 rings (SSSR count). The van der Waals surface area contributed by atoms with Crippen LogP contribution in [0.2, 0.25) is 5.02 Å². The van der Waals surface area contributed by atoms with E-state index in [-0.39, 0.29) is 17.9 Å². The molecule has 0 amide bonds. The minimum atomic E-state index is -0.473. The van der Waals surface area contributed by atoms with Crippen LogP contribution in [-0.2, 0) is 4.74 Å². The highest BCUT2D eigenvalue weighted by molar-refractivity contribution is 6.33. The van der Waals surface area contributed by atoms with Crippen LogP contribution in [0.15, 0.2) is 36.9 Å². The van der Waals surface area contributed by atoms with Crippen LogP contribution < -0.4 is 19.7 Å². The molecule has 2 saturated heterocycles. The second-order valence-corrected chi connectivity index (χ2v) is 8.95. The van der Waals surface area contributed by atoms with Gasteiger partial charge in [-0.05, 0) is 18.2 Å². The van der Waals surface area contributed by atoms with Gasteiger partial charge in [0.15, 0.2) is 11.6 Å². The lowest BCUT2D eigenvalue weighted by Gasteiger charge is -2.26. The number of aromatic nitrogens is 4. The van der Waals surface area contributed by atoms with Crippen molar-refractivity contribution < 1.29 is 18.6 Å². The third-order valence-corrected chi connectivity index (χ3v) is 6.64. The molecular weight excluding hydrogens is 489 g/mol. The second kappa shape index (κ2) is 10.5. The van der Waals surface area contributed by atoms with E-state index >= 15 is 0 Å². The summed E-state index contributed by atoms with van der Waals surface area (Å²) in [5.41, 5.74) is 1.01. The molecule has 1 aromatic carbocycles. The number of hydrogen-bond donors (Lipinski definition) is 1. The van der Waals surface area contributed by atoms with Gasteiger partial charge < -0.3 is 24.4 Å². The minimum absolute atomic E-state index is 0.116. The molecule has 3 aromatic rings. The first-order chi connectivity index (χ1) is 17.6. The fourth-order valence-electron chi connectivity index (χ4n) is 4.59. The van der Waals surface area contributed by atoms with Crippen LogP contribution in [0, 0.1) is 29.0 Å². The molecular formula is C24H23ClFN7O3. The average molecular weight is 512 g/mol. The van der Waals surface area contributed by atoms with E-state index in [1.165, 1.54) is 25.8 Å². The molecule has 2 fully saturated rings. The van der Waals surface area contributed by atoms with Crippen molar-refractivity contribution in [1.82, 2.24) is 19.9 Å². The van der Waals surface area contributed by atoms with Crippen LogP contribution in [-0.4, -0.2) is 59.5 Å². The van der Waals surface area contributed by atoms with Crippen LogP contribution in [0.5, 0.6) is 11.6 Å². The quantitative estimate of drug-likeness (QED) is 0.525. The van der Waals surface area contributed by atoms with Gasteiger partial charge >= 0.3 is 0 Å². The topological polar surface area (TPSA) is 118 Å². The highest BCUT2D eigenvalue weighted by Gasteiger charge is 2.42. The normalized spacial score (nSPS) is 21.3. The van der Waals surface area contributed by atoms with Crippen molar-refractivity contribution in [3.05, 3.63) is 53.3 Å². The van der Waals surface area contributed by atoms with Crippen LogP contribution in [0.4, 0.5) is 21.8 Å². The lowest BCUT2D eigenvalue weighted by Crippen LogP contribution is -2.33. The van der Waals surface area contributed by atoms with Crippen LogP contribution >= 0.6 is 11.6 Å². The molecule has 2 aliphatic heterocycles. The van der Waals surface area contributed by atoms with Crippen molar-refractivity contribution in [2.45, 2.75) is 12.5 Å². The summed E-state index contributed by atoms with van der Waals surface area (Å²) in [6.07, 6.45) is 4.17. The first-order valence-electron chi connectivity index (χ1n) is 11.4. The number of ether oxygens (including phenoxy) is 3. The van der Waals surface area contributed by atoms with Crippen molar-refractivity contribution in [2.75, 3.05) is 43.6 Å². The maximum Gasteiger partial charge on any atom is 0.262 e. The van der Waals surface area contributed by atoms with E-state index in [2.05, 4.69) is 31.3 Å². The number of halogens is 2. The first kappa shape index (κ1) is 24.0. The smallest absolute Gasteiger partial charge is 0.262 e. The zero-order chi connectivity index (χ0) is 25.1. The Hall–Kier alpha value is -3.75. The van der Waals surface area contributed by atoms with Crippen LogP contribution in [0.3, 0.4) is 0 Å². The Balaban J connectivity index is 1.37. The van der Waals surface area contributed by atoms with Crippen molar-refractivity contribution in [3.63, 3.8) is 0 Å². The molecule has 2 aliphatic rings. The predicted octanol–water partition coefficient (Wildman–Crippen LogP) is 3.60. The number of nitriles is 1. The Morgan fingerprint density at radius 3 is 2.81 bits per heavy atom. The monoisotopic (exact) mass is 511 g/mol. The number of methoxy groups -OCH3 is 1. The standard InChI is InChI=1S/C24H23ClFN7O3/c1-34-21-22(32-19-3-2-14(7-27)6-18(19)25)30-13-31-23(21)36-20-4-5-35-12-15-10-33(11-17(15)20)24-28-8-16(26)9-29-24/h2-3,6,8-9,13,15,17,20H,4-5,10-12H2,1H3,(H,30,31,32)/t15?,17?,20-/m0/s1. The summed E-state index contributed by atoms with van der Waals surface area (Å²) in [6, 6.07) is 6.97. The maximum atomic E-state index is 13.3. The lowest BCUT2D eigenvalue weighted by atomic mass is 9.90. The SMILES string of the molecule is COc1c(Nc2ccc(C#N)cc2Cl)ncnc1O[C@H]1CCOCC2CN(c3ncc(F)cn3)CC21. The average Bonchev–Trinajstić information content (AvgIpc) is 3.22. The number of nitrogens with zero attached hydrogens (tertiary/aromatic N) is 6. The summed E-state index contributed by atoms with van der Waals surface area (Å²) in [4.78, 5) is 18.9. The molecule has 4 heterocycles. The molecule has 36 heavy (non-hydrogen) atoms. The summed E-state index contributed by atoms with van der Waals surface area (Å²) in [7, 11) is 1.51. The van der Waals surface area contributed by atoms with E-state index in [4.69, 9.17) is 31.1 Å². The van der Waals surface area contributed by atoms with Gasteiger partial charge in [-0.2, -0.15) is 10.2 Å². The molecule has 1 N–H and O–H groups in total. The number of hydrogen-bond acceptors (Lipinski definition) is 10. The van der Waals surface area contributed by atoms with Gasteiger partial charge in [0.25, 0.3) is 5.88 Å². The molecule has 2 aromatic heterocycles. The van der Waals surface area contributed by atoms with E-state index in [9.17, 15) is 4.39 Å². The minimum Gasteiger partial charge on any atom is -0.489 e. The van der Waals surface area contributed by atoms with Crippen molar-refractivity contribution in [3.8, 4) is 17.7 Å². The van der Waals surface area contributed by atoms with E-state index in [1.807, 2.05) is 4.90 Å². The predicted molar refractivity (Wildman–Crippen MR) is 129 cm³/mol. The number of fused-ring (bicyclic) bond motifs is 1. The molecule has 0 radical (unpaired) electrons. The van der Waals surface area contributed by atoms with Crippen molar-refractivity contribution in [1.29, 1.82) is 5.26 Å². The second-order valence-electron chi connectivity index (χ2n) is 8.54. The van der Waals surface area contributed by atoms with Gasteiger partial charge in [0.1, 0.15) is 12.4 Å². The molecule has 3 atom stereocenters. The summed E-state index contributed by atoms with van der Waals surface area (Å²) < 4.78 is 31.2. The summed E-state index contributed by atoms with van der Waals surface area (Å²) in [5.74, 6) is 1.31. The van der Waals surface area contributed by atoms with E-state index in [0.29, 0.717) is 72.4 Å². The molecule has 10 nitrogen and oxygen atoms in total. The number of nitrogens with one attached hydrogen (secondary N) is 1. The zero-order valence-corrected chi connectivity index (χ0v) is 20.2. The van der Waals surface area contributed by atoms with Gasteiger partial charge in [0.2, 0.25) is 11.7 Å². The van der Waals surface area contributed by atoms with Gasteiger partial charge in [-0.1, -0.05) is 11.6 Å². The van der Waals surface area contributed by atoms with Crippen molar-refractivity contribution >= 4 is 29.1 Å². The summed E-state index contributed by atoms with van der Waals surface area (Å²) >= 11 is 6.32. The van der Waals surface area contributed by atoms with Crippen LogP contribution in [0.1, 0.15) is 12.0 Å². The summed E-state index contributed by atoms with van der Waals surface area (Å²) in [6.45, 7) is 2.47. The largest absolute Gasteiger partial charge is 0.489 e. The molecule has 0 bridgehead atoms. The lowest BCUT2D eigenvalue weighted by molar-refractivity contribution is 0.112. The van der Waals surface area contributed by atoms with Gasteiger partial charge in [-0.25, -0.2) is 19.3 Å². The third kappa shape index (κ3) is 4.96. The fraction of sp³-hybridized carbons (Fsp3) is 0.375. The summed E-state index contributed by atoms with van der Waals surface area (Å²) in [5, 5.41) is 12.6. The third-order valence-electron chi connectivity index (χ3n) is 6.33. The Morgan fingerprint density at radius 1 is 1.22 bits per heavy atom. The molecule has 186 valence electrons. The van der Waals surface area contributed by atoms with E-state index in [1.54, 1.807) is 18.2 Å². The molecule has 2 unspecified atom stereocenters. The number of benzene rings is 1. The van der Waals surface area contributed by atoms with Gasteiger partial charge in [0.05, 0.1) is 55.1 Å². The van der Waals surface area contributed by atoms with Gasteiger partial charge in [-0.15, -0.1) is 0 Å². The maximum absolute atomic E-state index is 13.3. The zero-order valence-electron chi connectivity index (χ0n) is 19.4. The Morgan fingerprint density at radius 2 is 2.06 bits per heavy atom. The Bertz CT molecular complexity index is 1270. The van der Waals surface area contributed by atoms with Gasteiger partial charge in [0, 0.05) is 31.3 Å². The molecule has 0 aliphatic carbocycles. The van der Waals surface area contributed by atoms with E-state index < -0.39 is 5.82 Å². The van der Waals surface area contributed by atoms with Crippen molar-refractivity contribution in [2.24, 2.45) is 11.8 Å². The highest BCUT2D eigenvalue weighted by Crippen LogP contribution is 2.39. The Kier molecular flexibility index (Phi) is 6.97. The fourth-order valence-corrected chi connectivity index (χ4v) is 4.82. The van der Waals surface area contributed by atoms with Crippen LogP contribution in [0.25, 0.3) is 0 Å². The first-order valence-corrected chi connectivity index (χ1v) is 11.8. The molecule has 0 spiro atoms. The van der Waals surface area contributed by atoms with E-state index in [0.717, 1.165) is 0 Å². The molecule has 0 saturated carbocycles. The highest BCUT2D eigenvalue weighted by atomic mass is 35.5. The number of anilines is 3. The molecule has 12 heteroatoms. The number of rotatable bonds is 6.